The zero-order chi connectivity index (χ0) is 14.0. The molecule has 0 N–H and O–H groups in total. The molecule has 2 heterocycles. The van der Waals surface area contributed by atoms with E-state index in [1.165, 1.54) is 12.1 Å². The van der Waals surface area contributed by atoms with Gasteiger partial charge < -0.3 is 9.80 Å². The fraction of sp³-hybridized carbons (Fsp3) is 0.455. The number of anilines is 1. The highest BCUT2D eigenvalue weighted by atomic mass is 35.5. The summed E-state index contributed by atoms with van der Waals surface area (Å²) in [6, 6.07) is 2.53. The van der Waals surface area contributed by atoms with Crippen LogP contribution in [0.3, 0.4) is 0 Å². The number of likely N-dealkylation sites (N-methyl/N-ethyl adjacent to an activating group) is 1. The maximum absolute atomic E-state index is 11.8. The second-order valence-electron chi connectivity index (χ2n) is 4.35. The quantitative estimate of drug-likeness (QED) is 0.465. The largest absolute Gasteiger partial charge is 0.347 e. The van der Waals surface area contributed by atoms with Crippen LogP contribution < -0.4 is 4.90 Å². The number of nitro groups is 1. The molecule has 1 amide bonds. The first-order valence-electron chi connectivity index (χ1n) is 5.78. The summed E-state index contributed by atoms with van der Waals surface area (Å²) in [4.78, 5) is 29.5. The first kappa shape index (κ1) is 13.5. The third-order valence-corrected chi connectivity index (χ3v) is 3.17. The van der Waals surface area contributed by atoms with E-state index in [1.54, 1.807) is 16.8 Å². The third kappa shape index (κ3) is 3.11. The second-order valence-corrected chi connectivity index (χ2v) is 4.74. The molecule has 1 aliphatic rings. The lowest BCUT2D eigenvalue weighted by Gasteiger charge is -2.20. The van der Waals surface area contributed by atoms with Gasteiger partial charge in [-0.15, -0.1) is 0 Å². The Kier molecular flexibility index (Phi) is 3.84. The van der Waals surface area contributed by atoms with Crippen molar-refractivity contribution in [3.05, 3.63) is 27.4 Å². The Labute approximate surface area is 114 Å². The minimum absolute atomic E-state index is 0.0399. The molecule has 0 saturated carbocycles. The lowest BCUT2D eigenvalue weighted by atomic mass is 10.3. The predicted molar refractivity (Wildman–Crippen MR) is 70.4 cm³/mol. The maximum Gasteiger partial charge on any atom is 0.276 e. The van der Waals surface area contributed by atoms with Crippen molar-refractivity contribution < 1.29 is 9.72 Å². The van der Waals surface area contributed by atoms with Gasteiger partial charge in [0, 0.05) is 20.1 Å². The topological polar surface area (TPSA) is 79.6 Å². The Balaban J connectivity index is 2.30. The van der Waals surface area contributed by atoms with Crippen molar-refractivity contribution in [2.45, 2.75) is 6.42 Å². The molecule has 7 nitrogen and oxygen atoms in total. The molecule has 102 valence electrons. The number of halogens is 1. The molecule has 1 saturated heterocycles. The Morgan fingerprint density at radius 2 is 2.16 bits per heavy atom. The molecule has 1 aromatic heterocycles. The minimum atomic E-state index is -0.525. The fourth-order valence-electron chi connectivity index (χ4n) is 1.92. The number of carbonyl (C=O) groups excluding carboxylic acids is 1. The van der Waals surface area contributed by atoms with Crippen molar-refractivity contribution in [3.8, 4) is 0 Å². The highest BCUT2D eigenvalue weighted by Gasteiger charge is 2.22. The monoisotopic (exact) mass is 284 g/mol. The Morgan fingerprint density at radius 3 is 2.84 bits per heavy atom. The van der Waals surface area contributed by atoms with Gasteiger partial charge in [-0.2, -0.15) is 0 Å². The Bertz CT molecular complexity index is 523. The van der Waals surface area contributed by atoms with Crippen molar-refractivity contribution in [2.75, 3.05) is 31.6 Å². The molecule has 1 fully saturated rings. The van der Waals surface area contributed by atoms with Gasteiger partial charge in [0.05, 0.1) is 23.6 Å². The van der Waals surface area contributed by atoms with Gasteiger partial charge in [0.1, 0.15) is 11.0 Å². The summed E-state index contributed by atoms with van der Waals surface area (Å²) in [7, 11) is 1.74. The molecule has 0 aliphatic carbocycles. The van der Waals surface area contributed by atoms with Gasteiger partial charge in [0.15, 0.2) is 0 Å². The lowest BCUT2D eigenvalue weighted by Crippen LogP contribution is -2.34. The van der Waals surface area contributed by atoms with Gasteiger partial charge in [-0.25, -0.2) is 4.98 Å². The lowest BCUT2D eigenvalue weighted by molar-refractivity contribution is -0.384. The molecule has 1 aliphatic heterocycles. The summed E-state index contributed by atoms with van der Waals surface area (Å²) < 4.78 is 0. The summed E-state index contributed by atoms with van der Waals surface area (Å²) in [5, 5.41) is 10.8. The number of hydrogen-bond acceptors (Lipinski definition) is 5. The Morgan fingerprint density at radius 1 is 1.42 bits per heavy atom. The molecule has 0 bridgehead atoms. The molecule has 0 radical (unpaired) electrons. The predicted octanol–water partition coefficient (Wildman–Crippen LogP) is 1.31. The zero-order valence-corrected chi connectivity index (χ0v) is 11.1. The van der Waals surface area contributed by atoms with Crippen molar-refractivity contribution in [3.63, 3.8) is 0 Å². The molecule has 0 unspecified atom stereocenters. The molecule has 1 aromatic rings. The summed E-state index contributed by atoms with van der Waals surface area (Å²) in [5.41, 5.74) is -0.125. The molecule has 0 aromatic carbocycles. The highest BCUT2D eigenvalue weighted by molar-refractivity contribution is 6.29. The van der Waals surface area contributed by atoms with E-state index in [0.29, 0.717) is 18.9 Å². The summed E-state index contributed by atoms with van der Waals surface area (Å²) in [6.07, 6.45) is 0.782. The standard InChI is InChI=1S/C11H13ClN4O3/c1-14-3-2-4-15(7-11(14)17)10-6-8(16(18)19)5-9(12)13-10/h5-6H,2-4,7H2,1H3. The second kappa shape index (κ2) is 5.40. The van der Waals surface area contributed by atoms with E-state index in [9.17, 15) is 14.9 Å². The molecule has 8 heteroatoms. The van der Waals surface area contributed by atoms with Crippen LogP contribution in [-0.4, -0.2) is 47.4 Å². The summed E-state index contributed by atoms with van der Waals surface area (Å²) in [5.74, 6) is 0.324. The summed E-state index contributed by atoms with van der Waals surface area (Å²) in [6.45, 7) is 1.43. The van der Waals surface area contributed by atoms with Crippen LogP contribution in [0.1, 0.15) is 6.42 Å². The number of nitrogens with zero attached hydrogens (tertiary/aromatic N) is 4. The number of pyridine rings is 1. The SMILES string of the molecule is CN1CCCN(c2cc([N+](=O)[O-])cc(Cl)n2)CC1=O. The van der Waals surface area contributed by atoms with Crippen LogP contribution in [0.2, 0.25) is 5.15 Å². The van der Waals surface area contributed by atoms with E-state index in [2.05, 4.69) is 4.98 Å². The zero-order valence-electron chi connectivity index (χ0n) is 10.4. The van der Waals surface area contributed by atoms with Gasteiger partial charge in [-0.1, -0.05) is 11.6 Å². The van der Waals surface area contributed by atoms with Gasteiger partial charge in [-0.05, 0) is 6.42 Å². The molecule has 0 atom stereocenters. The first-order valence-corrected chi connectivity index (χ1v) is 6.16. The van der Waals surface area contributed by atoms with Gasteiger partial charge in [0.25, 0.3) is 5.69 Å². The Hall–Kier alpha value is -1.89. The average molecular weight is 285 g/mol. The summed E-state index contributed by atoms with van der Waals surface area (Å²) >= 11 is 5.78. The van der Waals surface area contributed by atoms with Crippen molar-refractivity contribution in [2.24, 2.45) is 0 Å². The molecule has 2 rings (SSSR count). The molecular formula is C11H13ClN4O3. The number of hydrogen-bond donors (Lipinski definition) is 0. The van der Waals surface area contributed by atoms with E-state index in [1.807, 2.05) is 0 Å². The minimum Gasteiger partial charge on any atom is -0.347 e. The normalized spacial score (nSPS) is 16.4. The van der Waals surface area contributed by atoms with Crippen molar-refractivity contribution in [1.82, 2.24) is 9.88 Å². The van der Waals surface area contributed by atoms with Crippen LogP contribution in [0.5, 0.6) is 0 Å². The van der Waals surface area contributed by atoms with Gasteiger partial charge in [-0.3, -0.25) is 14.9 Å². The van der Waals surface area contributed by atoms with E-state index in [-0.39, 0.29) is 23.3 Å². The smallest absolute Gasteiger partial charge is 0.276 e. The molecule has 0 spiro atoms. The highest BCUT2D eigenvalue weighted by Crippen LogP contribution is 2.24. The van der Waals surface area contributed by atoms with Crippen molar-refractivity contribution >= 4 is 29.0 Å². The van der Waals surface area contributed by atoms with Crippen LogP contribution in [0.25, 0.3) is 0 Å². The average Bonchev–Trinajstić information content (AvgIpc) is 2.51. The van der Waals surface area contributed by atoms with Crippen LogP contribution in [-0.2, 0) is 4.79 Å². The van der Waals surface area contributed by atoms with Crippen molar-refractivity contribution in [1.29, 1.82) is 0 Å². The van der Waals surface area contributed by atoms with Gasteiger partial charge in [0.2, 0.25) is 5.91 Å². The van der Waals surface area contributed by atoms with Crippen LogP contribution >= 0.6 is 11.6 Å². The number of carbonyl (C=O) groups is 1. The van der Waals surface area contributed by atoms with E-state index < -0.39 is 4.92 Å². The first-order chi connectivity index (χ1) is 8.97. The van der Waals surface area contributed by atoms with E-state index >= 15 is 0 Å². The van der Waals surface area contributed by atoms with E-state index in [0.717, 1.165) is 6.42 Å². The van der Waals surface area contributed by atoms with Crippen LogP contribution in [0.15, 0.2) is 12.1 Å². The number of rotatable bonds is 2. The molecular weight excluding hydrogens is 272 g/mol. The number of amides is 1. The maximum atomic E-state index is 11.8. The third-order valence-electron chi connectivity index (χ3n) is 2.97. The van der Waals surface area contributed by atoms with Crippen LogP contribution in [0, 0.1) is 10.1 Å². The fourth-order valence-corrected chi connectivity index (χ4v) is 2.12. The molecule has 19 heavy (non-hydrogen) atoms. The van der Waals surface area contributed by atoms with Crippen LogP contribution in [0.4, 0.5) is 11.5 Å². The number of aromatic nitrogens is 1. The van der Waals surface area contributed by atoms with Gasteiger partial charge >= 0.3 is 0 Å². The van der Waals surface area contributed by atoms with E-state index in [4.69, 9.17) is 11.6 Å².